The summed E-state index contributed by atoms with van der Waals surface area (Å²) in [7, 11) is 0. The quantitative estimate of drug-likeness (QED) is 0.427. The van der Waals surface area contributed by atoms with Gasteiger partial charge < -0.3 is 5.73 Å². The molecular formula is C10H14N2O2. The molecule has 0 saturated carbocycles. The maximum absolute atomic E-state index is 10.7. The molecule has 0 aliphatic carbocycles. The second kappa shape index (κ2) is 3.29. The average molecular weight is 197 g/mol. The highest BCUT2D eigenvalue weighted by atomic mass is 16.6. The summed E-state index contributed by atoms with van der Waals surface area (Å²) < 4.78 is 22.3. The Morgan fingerprint density at radius 3 is 2.71 bits per heavy atom. The molecule has 0 amide bonds. The van der Waals surface area contributed by atoms with Gasteiger partial charge in [0.05, 0.1) is 4.92 Å². The Morgan fingerprint density at radius 1 is 1.57 bits per heavy atom. The summed E-state index contributed by atoms with van der Waals surface area (Å²) in [6.07, 6.45) is 0. The van der Waals surface area contributed by atoms with Crippen molar-refractivity contribution in [3.63, 3.8) is 0 Å². The first kappa shape index (κ1) is 6.81. The maximum atomic E-state index is 10.7. The summed E-state index contributed by atoms with van der Waals surface area (Å²) in [4.78, 5) is 10.1. The Morgan fingerprint density at radius 2 is 2.21 bits per heavy atom. The second-order valence-electron chi connectivity index (χ2n) is 3.66. The van der Waals surface area contributed by atoms with Crippen LogP contribution in [0.15, 0.2) is 18.2 Å². The molecule has 0 atom stereocenters. The van der Waals surface area contributed by atoms with Crippen LogP contribution in [0.4, 0.5) is 11.4 Å². The summed E-state index contributed by atoms with van der Waals surface area (Å²) in [5.74, 6) is 0. The van der Waals surface area contributed by atoms with Crippen molar-refractivity contribution in [1.82, 2.24) is 0 Å². The van der Waals surface area contributed by atoms with Crippen LogP contribution < -0.4 is 5.73 Å². The van der Waals surface area contributed by atoms with Crippen molar-refractivity contribution in [1.29, 1.82) is 0 Å². The first-order valence-corrected chi connectivity index (χ1v) is 4.12. The van der Waals surface area contributed by atoms with E-state index in [1.54, 1.807) is 0 Å². The van der Waals surface area contributed by atoms with Crippen LogP contribution in [0, 0.1) is 10.1 Å². The fraction of sp³-hybridized carbons (Fsp3) is 0.400. The topological polar surface area (TPSA) is 69.2 Å². The summed E-state index contributed by atoms with van der Waals surface area (Å²) in [5, 5.41) is 10.7. The molecule has 0 unspecified atom stereocenters. The van der Waals surface area contributed by atoms with Crippen molar-refractivity contribution >= 4 is 11.4 Å². The molecule has 0 aliphatic rings. The molecule has 1 rings (SSSR count). The van der Waals surface area contributed by atoms with Gasteiger partial charge in [-0.3, -0.25) is 10.1 Å². The normalized spacial score (nSPS) is 15.4. The first-order chi connectivity index (χ1) is 7.57. The molecule has 0 spiro atoms. The fourth-order valence-electron chi connectivity index (χ4n) is 1.09. The van der Waals surface area contributed by atoms with Gasteiger partial charge in [-0.25, -0.2) is 0 Å². The van der Waals surface area contributed by atoms with Crippen LogP contribution in [0.3, 0.4) is 0 Å². The average Bonchev–Trinajstić information content (AvgIpc) is 2.15. The smallest absolute Gasteiger partial charge is 0.292 e. The molecule has 2 N–H and O–H groups in total. The number of nitrogens with zero attached hydrogens (tertiary/aromatic N) is 1. The molecular weight excluding hydrogens is 180 g/mol. The molecule has 0 heterocycles. The molecule has 14 heavy (non-hydrogen) atoms. The molecule has 0 aromatic heterocycles. The van der Waals surface area contributed by atoms with Crippen LogP contribution >= 0.6 is 0 Å². The Balaban J connectivity index is 3.35. The van der Waals surface area contributed by atoms with E-state index in [1.807, 2.05) is 0 Å². The number of hydrogen-bond acceptors (Lipinski definition) is 3. The Labute approximate surface area is 87.1 Å². The molecule has 0 aliphatic heterocycles. The van der Waals surface area contributed by atoms with E-state index in [0.29, 0.717) is 5.56 Å². The van der Waals surface area contributed by atoms with Gasteiger partial charge in [-0.05, 0) is 17.0 Å². The largest absolute Gasteiger partial charge is 0.393 e. The minimum atomic E-state index is -2.24. The first-order valence-electron chi connectivity index (χ1n) is 5.62. The Kier molecular flexibility index (Phi) is 1.60. The van der Waals surface area contributed by atoms with Crippen LogP contribution in [-0.4, -0.2) is 4.92 Å². The zero-order valence-corrected chi connectivity index (χ0v) is 8.07. The predicted molar refractivity (Wildman–Crippen MR) is 56.2 cm³/mol. The van der Waals surface area contributed by atoms with E-state index >= 15 is 0 Å². The van der Waals surface area contributed by atoms with Gasteiger partial charge in [0.25, 0.3) is 5.69 Å². The Hall–Kier alpha value is -1.58. The summed E-state index contributed by atoms with van der Waals surface area (Å²) in [6, 6.07) is 4.09. The van der Waals surface area contributed by atoms with Crippen molar-refractivity contribution in [3.8, 4) is 0 Å². The highest BCUT2D eigenvalue weighted by Gasteiger charge is 2.19. The van der Waals surface area contributed by atoms with E-state index in [2.05, 4.69) is 0 Å². The second-order valence-corrected chi connectivity index (χ2v) is 3.66. The van der Waals surface area contributed by atoms with Gasteiger partial charge >= 0.3 is 0 Å². The van der Waals surface area contributed by atoms with Crippen molar-refractivity contribution in [2.45, 2.75) is 26.1 Å². The van der Waals surface area contributed by atoms with Crippen molar-refractivity contribution in [2.75, 3.05) is 5.73 Å². The summed E-state index contributed by atoms with van der Waals surface area (Å²) >= 11 is 0. The third-order valence-electron chi connectivity index (χ3n) is 1.95. The number of rotatable bonds is 1. The fourth-order valence-corrected chi connectivity index (χ4v) is 1.09. The van der Waals surface area contributed by atoms with E-state index in [-0.39, 0.29) is 11.4 Å². The molecule has 0 saturated heterocycles. The number of nitrogen functional groups attached to an aromatic ring is 1. The number of anilines is 1. The van der Waals surface area contributed by atoms with Crippen LogP contribution in [0.2, 0.25) is 0 Å². The number of hydrogen-bond donors (Lipinski definition) is 1. The van der Waals surface area contributed by atoms with Gasteiger partial charge in [-0.15, -0.1) is 0 Å². The lowest BCUT2D eigenvalue weighted by atomic mass is 9.87. The standard InChI is InChI=1S/C10H14N2O2/c1-10(2,3)7-4-5-8(11)9(6-7)12(13)14/h4-6H,11H2,1-3H3/i1D3. The zero-order chi connectivity index (χ0) is 13.4. The molecule has 1 aromatic rings. The summed E-state index contributed by atoms with van der Waals surface area (Å²) in [5.41, 5.74) is 4.44. The number of nitro groups is 1. The number of nitro benzene ring substituents is 1. The number of benzene rings is 1. The zero-order valence-electron chi connectivity index (χ0n) is 11.1. The van der Waals surface area contributed by atoms with Gasteiger partial charge in [-0.2, -0.15) is 0 Å². The van der Waals surface area contributed by atoms with Crippen LogP contribution in [0.25, 0.3) is 0 Å². The third-order valence-corrected chi connectivity index (χ3v) is 1.95. The maximum Gasteiger partial charge on any atom is 0.292 e. The minimum absolute atomic E-state index is 0.0279. The van der Waals surface area contributed by atoms with E-state index in [0.717, 1.165) is 0 Å². The van der Waals surface area contributed by atoms with Crippen molar-refractivity contribution < 1.29 is 9.04 Å². The third kappa shape index (κ3) is 2.02. The molecule has 4 nitrogen and oxygen atoms in total. The highest BCUT2D eigenvalue weighted by molar-refractivity contribution is 5.59. The highest BCUT2D eigenvalue weighted by Crippen LogP contribution is 2.29. The van der Waals surface area contributed by atoms with Crippen molar-refractivity contribution in [3.05, 3.63) is 33.9 Å². The lowest BCUT2D eigenvalue weighted by molar-refractivity contribution is -0.384. The SMILES string of the molecule is [2H]C([2H])([2H])C(C)(C)c1ccc(N)c([N+](=O)[O-])c1. The van der Waals surface area contributed by atoms with Crippen LogP contribution in [0.1, 0.15) is 30.4 Å². The lowest BCUT2D eigenvalue weighted by Crippen LogP contribution is -2.11. The molecule has 0 radical (unpaired) electrons. The van der Waals surface area contributed by atoms with Gasteiger partial charge in [0.1, 0.15) is 5.69 Å². The Bertz CT molecular complexity index is 455. The molecule has 0 fully saturated rings. The monoisotopic (exact) mass is 197 g/mol. The van der Waals surface area contributed by atoms with Gasteiger partial charge in [0.15, 0.2) is 0 Å². The predicted octanol–water partition coefficient (Wildman–Crippen LogP) is 2.47. The van der Waals surface area contributed by atoms with E-state index in [9.17, 15) is 10.1 Å². The van der Waals surface area contributed by atoms with Crippen LogP contribution in [0.5, 0.6) is 0 Å². The number of nitrogens with two attached hydrogens (primary N) is 1. The minimum Gasteiger partial charge on any atom is -0.393 e. The van der Waals surface area contributed by atoms with Crippen LogP contribution in [-0.2, 0) is 5.41 Å². The van der Waals surface area contributed by atoms with Crippen molar-refractivity contribution in [2.24, 2.45) is 0 Å². The van der Waals surface area contributed by atoms with Gasteiger partial charge in [-0.1, -0.05) is 26.8 Å². The molecule has 76 valence electrons. The van der Waals surface area contributed by atoms with Gasteiger partial charge in [0, 0.05) is 10.2 Å². The lowest BCUT2D eigenvalue weighted by Gasteiger charge is -2.18. The molecule has 4 heteroatoms. The molecule has 1 aromatic carbocycles. The molecule has 0 bridgehead atoms. The van der Waals surface area contributed by atoms with E-state index < -0.39 is 17.2 Å². The van der Waals surface area contributed by atoms with Gasteiger partial charge in [0.2, 0.25) is 0 Å². The van der Waals surface area contributed by atoms with E-state index in [1.165, 1.54) is 32.0 Å². The summed E-state index contributed by atoms with van der Waals surface area (Å²) in [6.45, 7) is 0.807. The van der Waals surface area contributed by atoms with E-state index in [4.69, 9.17) is 9.85 Å².